The van der Waals surface area contributed by atoms with E-state index in [1.165, 1.54) is 0 Å². The SMILES string of the molecule is O=c1[nH]ccc2cc(CCCS(=O)(=O)O)c3ccc(Br)cc3c12. The summed E-state index contributed by atoms with van der Waals surface area (Å²) in [5, 5.41) is 3.15. The molecule has 120 valence electrons. The lowest BCUT2D eigenvalue weighted by Crippen LogP contribution is -2.07. The highest BCUT2D eigenvalue weighted by Gasteiger charge is 2.11. The molecule has 1 aromatic heterocycles. The monoisotopic (exact) mass is 395 g/mol. The second-order valence-electron chi connectivity index (χ2n) is 5.39. The minimum Gasteiger partial charge on any atom is -0.329 e. The average molecular weight is 396 g/mol. The zero-order valence-electron chi connectivity index (χ0n) is 12.0. The van der Waals surface area contributed by atoms with Gasteiger partial charge in [0.1, 0.15) is 0 Å². The predicted molar refractivity (Wildman–Crippen MR) is 94.5 cm³/mol. The summed E-state index contributed by atoms with van der Waals surface area (Å²) in [6.45, 7) is 0. The van der Waals surface area contributed by atoms with E-state index in [1.54, 1.807) is 6.20 Å². The number of fused-ring (bicyclic) bond motifs is 3. The van der Waals surface area contributed by atoms with Crippen molar-refractivity contribution in [3.8, 4) is 0 Å². The van der Waals surface area contributed by atoms with Gasteiger partial charge in [0.05, 0.1) is 11.1 Å². The molecule has 0 aliphatic rings. The molecule has 0 fully saturated rings. The number of rotatable bonds is 4. The van der Waals surface area contributed by atoms with Crippen LogP contribution in [0.1, 0.15) is 12.0 Å². The van der Waals surface area contributed by atoms with Gasteiger partial charge in [-0.3, -0.25) is 9.35 Å². The number of nitrogens with one attached hydrogen (secondary N) is 1. The molecule has 0 atom stereocenters. The number of aryl methyl sites for hydroxylation is 1. The number of benzene rings is 2. The fraction of sp³-hybridized carbons (Fsp3) is 0.188. The minimum atomic E-state index is -3.97. The van der Waals surface area contributed by atoms with Crippen LogP contribution in [0.25, 0.3) is 21.5 Å². The van der Waals surface area contributed by atoms with Crippen molar-refractivity contribution in [2.75, 3.05) is 5.75 Å². The second kappa shape index (κ2) is 6.07. The van der Waals surface area contributed by atoms with Crippen LogP contribution in [0.5, 0.6) is 0 Å². The Morgan fingerprint density at radius 3 is 2.65 bits per heavy atom. The van der Waals surface area contributed by atoms with Crippen LogP contribution < -0.4 is 5.56 Å². The van der Waals surface area contributed by atoms with Gasteiger partial charge < -0.3 is 4.98 Å². The first kappa shape index (κ1) is 16.2. The zero-order chi connectivity index (χ0) is 16.6. The summed E-state index contributed by atoms with van der Waals surface area (Å²) in [5.74, 6) is -0.279. The molecule has 0 unspecified atom stereocenters. The summed E-state index contributed by atoms with van der Waals surface area (Å²) >= 11 is 3.42. The number of halogens is 1. The average Bonchev–Trinajstić information content (AvgIpc) is 2.45. The van der Waals surface area contributed by atoms with Gasteiger partial charge in [0.15, 0.2) is 0 Å². The van der Waals surface area contributed by atoms with Crippen molar-refractivity contribution in [1.82, 2.24) is 4.98 Å². The van der Waals surface area contributed by atoms with Gasteiger partial charge in [-0.05, 0) is 52.8 Å². The highest BCUT2D eigenvalue weighted by molar-refractivity contribution is 9.10. The third-order valence-corrected chi connectivity index (χ3v) is 5.07. The van der Waals surface area contributed by atoms with Crippen LogP contribution in [0, 0.1) is 0 Å². The van der Waals surface area contributed by atoms with Crippen LogP contribution in [-0.4, -0.2) is 23.7 Å². The van der Waals surface area contributed by atoms with E-state index in [4.69, 9.17) is 4.55 Å². The zero-order valence-corrected chi connectivity index (χ0v) is 14.4. The maximum Gasteiger partial charge on any atom is 0.264 e. The molecular weight excluding hydrogens is 382 g/mol. The molecule has 0 aliphatic heterocycles. The van der Waals surface area contributed by atoms with E-state index in [-0.39, 0.29) is 11.3 Å². The van der Waals surface area contributed by atoms with E-state index >= 15 is 0 Å². The molecule has 7 heteroatoms. The molecule has 0 bridgehead atoms. The molecule has 2 aromatic carbocycles. The molecule has 0 radical (unpaired) electrons. The summed E-state index contributed by atoms with van der Waals surface area (Å²) in [6.07, 6.45) is 2.41. The fourth-order valence-electron chi connectivity index (χ4n) is 2.81. The van der Waals surface area contributed by atoms with Crippen molar-refractivity contribution < 1.29 is 13.0 Å². The highest BCUT2D eigenvalue weighted by Crippen LogP contribution is 2.29. The normalized spacial score (nSPS) is 12.1. The minimum absolute atomic E-state index is 0.157. The molecule has 3 aromatic rings. The van der Waals surface area contributed by atoms with Gasteiger partial charge in [-0.25, -0.2) is 0 Å². The molecule has 23 heavy (non-hydrogen) atoms. The molecular formula is C16H14BrNO4S. The number of H-pyrrole nitrogens is 1. The Morgan fingerprint density at radius 1 is 1.13 bits per heavy atom. The molecule has 2 N–H and O–H groups in total. The first-order chi connectivity index (χ1) is 10.8. The molecule has 1 heterocycles. The van der Waals surface area contributed by atoms with E-state index in [0.717, 1.165) is 26.2 Å². The van der Waals surface area contributed by atoms with Gasteiger partial charge in [0.2, 0.25) is 0 Å². The summed E-state index contributed by atoms with van der Waals surface area (Å²) in [5.41, 5.74) is 0.796. The van der Waals surface area contributed by atoms with Crippen molar-refractivity contribution in [1.29, 1.82) is 0 Å². The van der Waals surface area contributed by atoms with Crippen LogP contribution in [0.15, 0.2) is 45.8 Å². The van der Waals surface area contributed by atoms with E-state index in [2.05, 4.69) is 20.9 Å². The van der Waals surface area contributed by atoms with Gasteiger partial charge in [-0.1, -0.05) is 28.1 Å². The number of pyridine rings is 1. The van der Waals surface area contributed by atoms with Gasteiger partial charge >= 0.3 is 0 Å². The smallest absolute Gasteiger partial charge is 0.264 e. The van der Waals surface area contributed by atoms with Crippen LogP contribution in [0.2, 0.25) is 0 Å². The van der Waals surface area contributed by atoms with Crippen LogP contribution in [0.3, 0.4) is 0 Å². The number of aromatic amines is 1. The van der Waals surface area contributed by atoms with Crippen LogP contribution in [0.4, 0.5) is 0 Å². The summed E-state index contributed by atoms with van der Waals surface area (Å²) in [4.78, 5) is 14.9. The lowest BCUT2D eigenvalue weighted by atomic mass is 9.96. The summed E-state index contributed by atoms with van der Waals surface area (Å²) in [7, 11) is -3.97. The molecule has 5 nitrogen and oxygen atoms in total. The largest absolute Gasteiger partial charge is 0.329 e. The van der Waals surface area contributed by atoms with Gasteiger partial charge in [-0.2, -0.15) is 8.42 Å². The van der Waals surface area contributed by atoms with Crippen molar-refractivity contribution in [3.05, 3.63) is 56.9 Å². The van der Waals surface area contributed by atoms with Crippen molar-refractivity contribution >= 4 is 47.6 Å². The summed E-state index contributed by atoms with van der Waals surface area (Å²) < 4.78 is 31.5. The van der Waals surface area contributed by atoms with Gasteiger partial charge in [0, 0.05) is 10.7 Å². The van der Waals surface area contributed by atoms with E-state index in [0.29, 0.717) is 18.2 Å². The Bertz CT molecular complexity index is 1060. The highest BCUT2D eigenvalue weighted by atomic mass is 79.9. The number of aromatic nitrogens is 1. The van der Waals surface area contributed by atoms with Crippen molar-refractivity contribution in [3.63, 3.8) is 0 Å². The van der Waals surface area contributed by atoms with E-state index in [9.17, 15) is 13.2 Å². The van der Waals surface area contributed by atoms with Crippen LogP contribution in [-0.2, 0) is 16.5 Å². The Kier molecular flexibility index (Phi) is 4.27. The van der Waals surface area contributed by atoms with Crippen molar-refractivity contribution in [2.24, 2.45) is 0 Å². The molecule has 0 amide bonds. The van der Waals surface area contributed by atoms with Crippen LogP contribution >= 0.6 is 15.9 Å². The molecule has 3 rings (SSSR count). The Morgan fingerprint density at radius 2 is 1.91 bits per heavy atom. The third kappa shape index (κ3) is 3.46. The first-order valence-electron chi connectivity index (χ1n) is 7.03. The first-order valence-corrected chi connectivity index (χ1v) is 9.43. The number of hydrogen-bond donors (Lipinski definition) is 2. The molecule has 0 saturated heterocycles. The Hall–Kier alpha value is -1.70. The van der Waals surface area contributed by atoms with Gasteiger partial charge in [0.25, 0.3) is 15.7 Å². The molecule has 0 aliphatic carbocycles. The van der Waals surface area contributed by atoms with E-state index in [1.807, 2.05) is 30.3 Å². The Balaban J connectivity index is 2.19. The second-order valence-corrected chi connectivity index (χ2v) is 7.87. The predicted octanol–water partition coefficient (Wildman–Crippen LogP) is 3.26. The standard InChI is InChI=1S/C16H14BrNO4S/c17-12-3-4-13-10(2-1-7-23(20,21)22)8-11-5-6-18-16(19)15(11)14(13)9-12/h3-6,8-9H,1-2,7H2,(H,18,19)(H,20,21,22). The third-order valence-electron chi connectivity index (χ3n) is 3.77. The van der Waals surface area contributed by atoms with Gasteiger partial charge in [-0.15, -0.1) is 0 Å². The maximum atomic E-state index is 12.2. The Labute approximate surface area is 141 Å². The number of hydrogen-bond acceptors (Lipinski definition) is 3. The maximum absolute atomic E-state index is 12.2. The van der Waals surface area contributed by atoms with E-state index < -0.39 is 10.1 Å². The lowest BCUT2D eigenvalue weighted by molar-refractivity contribution is 0.481. The summed E-state index contributed by atoms with van der Waals surface area (Å²) in [6, 6.07) is 9.42. The topological polar surface area (TPSA) is 87.2 Å². The molecule has 0 saturated carbocycles. The quantitative estimate of drug-likeness (QED) is 0.524. The molecule has 0 spiro atoms. The van der Waals surface area contributed by atoms with Crippen molar-refractivity contribution in [2.45, 2.75) is 12.8 Å². The lowest BCUT2D eigenvalue weighted by Gasteiger charge is -2.10. The fourth-order valence-corrected chi connectivity index (χ4v) is 3.68.